The van der Waals surface area contributed by atoms with Crippen molar-refractivity contribution in [2.75, 3.05) is 37.7 Å². The summed E-state index contributed by atoms with van der Waals surface area (Å²) in [5.74, 6) is 0.402. The second-order valence-electron chi connectivity index (χ2n) is 9.47. The van der Waals surface area contributed by atoms with Gasteiger partial charge in [0.1, 0.15) is 11.8 Å². The van der Waals surface area contributed by atoms with Crippen molar-refractivity contribution in [1.29, 1.82) is 0 Å². The first kappa shape index (κ1) is 28.0. The van der Waals surface area contributed by atoms with E-state index in [0.717, 1.165) is 16.8 Å². The van der Waals surface area contributed by atoms with Gasteiger partial charge >= 0.3 is 0 Å². The molecular weight excluding hydrogens is 522 g/mol. The number of hydrogen-bond donors (Lipinski definition) is 1. The summed E-state index contributed by atoms with van der Waals surface area (Å²) in [6.45, 7) is 8.45. The number of nitrogens with zero attached hydrogens (tertiary/aromatic N) is 2. The molecule has 0 radical (unpaired) electrons. The van der Waals surface area contributed by atoms with Gasteiger partial charge in [0.05, 0.1) is 11.5 Å². The van der Waals surface area contributed by atoms with Crippen LogP contribution in [0.25, 0.3) is 0 Å². The van der Waals surface area contributed by atoms with Crippen molar-refractivity contribution < 1.29 is 17.9 Å². The summed E-state index contributed by atoms with van der Waals surface area (Å²) in [6.07, 6.45) is 0.253. The van der Waals surface area contributed by atoms with Gasteiger partial charge in [-0.25, -0.2) is 8.42 Å². The van der Waals surface area contributed by atoms with Crippen molar-refractivity contribution in [3.63, 3.8) is 0 Å². The molecule has 1 atom stereocenters. The van der Waals surface area contributed by atoms with Crippen LogP contribution in [-0.4, -0.2) is 58.1 Å². The van der Waals surface area contributed by atoms with Gasteiger partial charge in [-0.15, -0.1) is 0 Å². The fourth-order valence-electron chi connectivity index (χ4n) is 4.70. The minimum Gasteiger partial charge on any atom is -0.494 e. The molecule has 0 spiro atoms. The lowest BCUT2D eigenvalue weighted by atomic mass is 10.1. The molecule has 7 nitrogen and oxygen atoms in total. The maximum Gasteiger partial charge on any atom is 0.241 e. The number of benzene rings is 3. The molecule has 0 bridgehead atoms. The van der Waals surface area contributed by atoms with E-state index in [1.807, 2.05) is 62.4 Å². The summed E-state index contributed by atoms with van der Waals surface area (Å²) >= 11 is 6.22. The Morgan fingerprint density at radius 3 is 2.34 bits per heavy atom. The molecule has 1 heterocycles. The van der Waals surface area contributed by atoms with E-state index >= 15 is 0 Å². The molecule has 1 saturated heterocycles. The lowest BCUT2D eigenvalue weighted by molar-refractivity contribution is -0.133. The van der Waals surface area contributed by atoms with Crippen molar-refractivity contribution in [1.82, 2.24) is 9.62 Å². The third-order valence-corrected chi connectivity index (χ3v) is 8.44. The lowest BCUT2D eigenvalue weighted by Crippen LogP contribution is -2.55. The Balaban J connectivity index is 1.53. The summed E-state index contributed by atoms with van der Waals surface area (Å²) in [5, 5.41) is 0.672. The first-order chi connectivity index (χ1) is 18.2. The molecule has 1 N–H and O–H groups in total. The maximum atomic E-state index is 13.7. The highest BCUT2D eigenvalue weighted by molar-refractivity contribution is 7.89. The lowest BCUT2D eigenvalue weighted by Gasteiger charge is -2.38. The molecule has 1 aliphatic heterocycles. The summed E-state index contributed by atoms with van der Waals surface area (Å²) in [7, 11) is -3.96. The number of amides is 1. The van der Waals surface area contributed by atoms with Crippen molar-refractivity contribution in [3.05, 3.63) is 88.4 Å². The molecule has 38 heavy (non-hydrogen) atoms. The van der Waals surface area contributed by atoms with Crippen LogP contribution in [0.3, 0.4) is 0 Å². The van der Waals surface area contributed by atoms with E-state index in [9.17, 15) is 13.2 Å². The van der Waals surface area contributed by atoms with Crippen LogP contribution in [-0.2, 0) is 21.2 Å². The molecule has 0 unspecified atom stereocenters. The monoisotopic (exact) mass is 555 g/mol. The highest BCUT2D eigenvalue weighted by Gasteiger charge is 2.32. The fourth-order valence-corrected chi connectivity index (χ4v) is 6.14. The quantitative estimate of drug-likeness (QED) is 0.418. The molecule has 1 aliphatic rings. The number of hydrogen-bond acceptors (Lipinski definition) is 5. The van der Waals surface area contributed by atoms with Crippen molar-refractivity contribution in [3.8, 4) is 5.75 Å². The van der Waals surface area contributed by atoms with Crippen LogP contribution >= 0.6 is 11.6 Å². The fraction of sp³-hybridized carbons (Fsp3) is 0.345. The Hall–Kier alpha value is -3.07. The van der Waals surface area contributed by atoms with Gasteiger partial charge in [-0.2, -0.15) is 4.72 Å². The van der Waals surface area contributed by atoms with Crippen molar-refractivity contribution in [2.24, 2.45) is 0 Å². The predicted octanol–water partition coefficient (Wildman–Crippen LogP) is 4.59. The molecule has 3 aromatic carbocycles. The van der Waals surface area contributed by atoms with Crippen LogP contribution < -0.4 is 14.4 Å². The highest BCUT2D eigenvalue weighted by atomic mass is 35.5. The predicted molar refractivity (Wildman–Crippen MR) is 152 cm³/mol. The Morgan fingerprint density at radius 2 is 1.68 bits per heavy atom. The van der Waals surface area contributed by atoms with E-state index in [1.165, 1.54) is 6.07 Å². The molecule has 0 aliphatic carbocycles. The second-order valence-corrected chi connectivity index (χ2v) is 11.6. The number of anilines is 1. The van der Waals surface area contributed by atoms with E-state index in [2.05, 4.69) is 9.62 Å². The van der Waals surface area contributed by atoms with Gasteiger partial charge in [0.25, 0.3) is 0 Å². The van der Waals surface area contributed by atoms with Crippen LogP contribution in [0.2, 0.25) is 5.02 Å². The standard InChI is InChI=1S/C29H34ClN3O4S/c1-4-37-28-13-12-25(18-22(28)3)38(35,36)31-26(19-23-8-6-5-7-9-23)29(34)33-16-14-32(15-17-33)27-20-24(30)11-10-21(27)2/h5-13,18,20,26,31H,4,14-17,19H2,1-3H3/t26-/m0/s1. The highest BCUT2D eigenvalue weighted by Crippen LogP contribution is 2.26. The summed E-state index contributed by atoms with van der Waals surface area (Å²) in [4.78, 5) is 17.8. The third-order valence-electron chi connectivity index (χ3n) is 6.74. The number of halogens is 1. The number of carbonyl (C=O) groups excluding carboxylic acids is 1. The molecule has 1 fully saturated rings. The molecule has 1 amide bonds. The van der Waals surface area contributed by atoms with E-state index in [4.69, 9.17) is 16.3 Å². The third kappa shape index (κ3) is 6.67. The Kier molecular flexibility index (Phi) is 8.97. The Bertz CT molecular complexity index is 1370. The van der Waals surface area contributed by atoms with Gasteiger partial charge < -0.3 is 14.5 Å². The smallest absolute Gasteiger partial charge is 0.241 e. The zero-order chi connectivity index (χ0) is 27.3. The first-order valence-electron chi connectivity index (χ1n) is 12.8. The SMILES string of the molecule is CCOc1ccc(S(=O)(=O)N[C@@H](Cc2ccccc2)C(=O)N2CCN(c3cc(Cl)ccc3C)CC2)cc1C. The van der Waals surface area contributed by atoms with Gasteiger partial charge in [0, 0.05) is 36.9 Å². The summed E-state index contributed by atoms with van der Waals surface area (Å²) in [5.41, 5.74) is 3.77. The van der Waals surface area contributed by atoms with Gasteiger partial charge in [0.15, 0.2) is 0 Å². The molecular formula is C29H34ClN3O4S. The second kappa shape index (κ2) is 12.2. The molecule has 0 saturated carbocycles. The largest absolute Gasteiger partial charge is 0.494 e. The van der Waals surface area contributed by atoms with Crippen LogP contribution in [0.5, 0.6) is 5.75 Å². The molecule has 202 valence electrons. The molecule has 0 aromatic heterocycles. The van der Waals surface area contributed by atoms with Crippen molar-refractivity contribution in [2.45, 2.75) is 38.1 Å². The number of sulfonamides is 1. The minimum absolute atomic E-state index is 0.102. The van der Waals surface area contributed by atoms with E-state index < -0.39 is 16.1 Å². The van der Waals surface area contributed by atoms with Gasteiger partial charge in [0.2, 0.25) is 15.9 Å². The van der Waals surface area contributed by atoms with E-state index in [0.29, 0.717) is 49.1 Å². The molecule has 3 aromatic rings. The number of piperazine rings is 1. The van der Waals surface area contributed by atoms with Crippen LogP contribution in [0.4, 0.5) is 5.69 Å². The molecule has 4 rings (SSSR count). The summed E-state index contributed by atoms with van der Waals surface area (Å²) < 4.78 is 35.1. The number of aryl methyl sites for hydroxylation is 2. The minimum atomic E-state index is -3.96. The van der Waals surface area contributed by atoms with Crippen LogP contribution in [0.1, 0.15) is 23.6 Å². The van der Waals surface area contributed by atoms with E-state index in [-0.39, 0.29) is 17.2 Å². The normalized spacial score (nSPS) is 14.8. The summed E-state index contributed by atoms with van der Waals surface area (Å²) in [6, 6.07) is 19.1. The van der Waals surface area contributed by atoms with Crippen LogP contribution in [0.15, 0.2) is 71.6 Å². The number of rotatable bonds is 9. The average Bonchev–Trinajstić information content (AvgIpc) is 2.91. The Morgan fingerprint density at radius 1 is 0.974 bits per heavy atom. The zero-order valence-electron chi connectivity index (χ0n) is 22.0. The first-order valence-corrected chi connectivity index (χ1v) is 14.6. The average molecular weight is 556 g/mol. The van der Waals surface area contributed by atoms with Gasteiger partial charge in [-0.05, 0) is 74.2 Å². The van der Waals surface area contributed by atoms with E-state index in [1.54, 1.807) is 24.0 Å². The number of carbonyl (C=O) groups is 1. The zero-order valence-corrected chi connectivity index (χ0v) is 23.6. The van der Waals surface area contributed by atoms with Crippen molar-refractivity contribution >= 4 is 33.2 Å². The maximum absolute atomic E-state index is 13.7. The number of nitrogens with one attached hydrogen (secondary N) is 1. The topological polar surface area (TPSA) is 78.9 Å². The molecule has 9 heteroatoms. The Labute approximate surface area is 230 Å². The number of ether oxygens (including phenoxy) is 1. The van der Waals surface area contributed by atoms with Crippen LogP contribution in [0, 0.1) is 13.8 Å². The van der Waals surface area contributed by atoms with Gasteiger partial charge in [-0.3, -0.25) is 4.79 Å². The van der Waals surface area contributed by atoms with Gasteiger partial charge in [-0.1, -0.05) is 48.0 Å².